The van der Waals surface area contributed by atoms with Crippen LogP contribution in [0.4, 0.5) is 11.5 Å². The fraction of sp³-hybridized carbons (Fsp3) is 0.267. The van der Waals surface area contributed by atoms with Gasteiger partial charge in [-0.3, -0.25) is 4.99 Å². The SMILES string of the molecule is C=CC(C=Nc1cnn2ccc(N3CCCC3)nc12)=CN. The summed E-state index contributed by atoms with van der Waals surface area (Å²) in [6.07, 6.45) is 10.8. The molecule has 0 aliphatic carbocycles. The number of aliphatic imine (C=N–C) groups is 1. The van der Waals surface area contributed by atoms with Gasteiger partial charge in [-0.2, -0.15) is 5.10 Å². The minimum Gasteiger partial charge on any atom is -0.404 e. The highest BCUT2D eigenvalue weighted by Gasteiger charge is 2.15. The van der Waals surface area contributed by atoms with Crippen LogP contribution in [0.5, 0.6) is 0 Å². The minimum atomic E-state index is 0.720. The molecular weight excluding hydrogens is 264 g/mol. The Hall–Kier alpha value is -2.63. The maximum Gasteiger partial charge on any atom is 0.183 e. The average Bonchev–Trinajstić information content (AvgIpc) is 3.17. The van der Waals surface area contributed by atoms with E-state index in [1.165, 1.54) is 19.0 Å². The molecule has 0 radical (unpaired) electrons. The number of nitrogens with zero attached hydrogens (tertiary/aromatic N) is 5. The van der Waals surface area contributed by atoms with Gasteiger partial charge < -0.3 is 10.6 Å². The van der Waals surface area contributed by atoms with E-state index < -0.39 is 0 Å². The number of nitrogens with two attached hydrogens (primary N) is 1. The van der Waals surface area contributed by atoms with Gasteiger partial charge in [0, 0.05) is 37.3 Å². The van der Waals surface area contributed by atoms with Crippen LogP contribution in [0, 0.1) is 0 Å². The summed E-state index contributed by atoms with van der Waals surface area (Å²) >= 11 is 0. The molecular formula is C15H18N6. The lowest BCUT2D eigenvalue weighted by Crippen LogP contribution is -2.19. The average molecular weight is 282 g/mol. The molecule has 0 spiro atoms. The number of aromatic nitrogens is 3. The molecule has 2 aromatic rings. The van der Waals surface area contributed by atoms with E-state index in [9.17, 15) is 0 Å². The molecule has 21 heavy (non-hydrogen) atoms. The first-order valence-corrected chi connectivity index (χ1v) is 6.99. The third-order valence-electron chi connectivity index (χ3n) is 3.55. The zero-order valence-electron chi connectivity index (χ0n) is 11.8. The van der Waals surface area contributed by atoms with Gasteiger partial charge in [0.05, 0.1) is 6.20 Å². The molecule has 2 aromatic heterocycles. The molecule has 6 heteroatoms. The summed E-state index contributed by atoms with van der Waals surface area (Å²) in [5.74, 6) is 0.982. The molecule has 0 bridgehead atoms. The van der Waals surface area contributed by atoms with Crippen LogP contribution in [0.25, 0.3) is 5.65 Å². The monoisotopic (exact) mass is 282 g/mol. The van der Waals surface area contributed by atoms with Gasteiger partial charge in [-0.25, -0.2) is 9.50 Å². The molecule has 3 heterocycles. The van der Waals surface area contributed by atoms with Crippen molar-refractivity contribution in [1.29, 1.82) is 0 Å². The molecule has 108 valence electrons. The van der Waals surface area contributed by atoms with E-state index in [-0.39, 0.29) is 0 Å². The predicted molar refractivity (Wildman–Crippen MR) is 85.1 cm³/mol. The lowest BCUT2D eigenvalue weighted by Gasteiger charge is -2.15. The van der Waals surface area contributed by atoms with E-state index in [0.29, 0.717) is 0 Å². The topological polar surface area (TPSA) is 71.8 Å². The second-order valence-corrected chi connectivity index (χ2v) is 4.91. The van der Waals surface area contributed by atoms with Crippen molar-refractivity contribution in [2.45, 2.75) is 12.8 Å². The first-order valence-electron chi connectivity index (χ1n) is 6.99. The van der Waals surface area contributed by atoms with Gasteiger partial charge in [0.15, 0.2) is 5.65 Å². The smallest absolute Gasteiger partial charge is 0.183 e. The van der Waals surface area contributed by atoms with Gasteiger partial charge in [0.2, 0.25) is 0 Å². The van der Waals surface area contributed by atoms with Crippen molar-refractivity contribution in [1.82, 2.24) is 14.6 Å². The van der Waals surface area contributed by atoms with Crippen molar-refractivity contribution in [3.8, 4) is 0 Å². The quantitative estimate of drug-likeness (QED) is 0.688. The zero-order chi connectivity index (χ0) is 14.7. The third-order valence-corrected chi connectivity index (χ3v) is 3.55. The van der Waals surface area contributed by atoms with Crippen LogP contribution in [0.1, 0.15) is 12.8 Å². The van der Waals surface area contributed by atoms with Gasteiger partial charge in [0.25, 0.3) is 0 Å². The fourth-order valence-corrected chi connectivity index (χ4v) is 2.37. The lowest BCUT2D eigenvalue weighted by atomic mass is 10.3. The molecule has 3 rings (SSSR count). The molecule has 0 atom stereocenters. The molecule has 1 saturated heterocycles. The van der Waals surface area contributed by atoms with Crippen LogP contribution in [0.15, 0.2) is 47.9 Å². The Bertz CT molecular complexity index is 706. The number of allylic oxidation sites excluding steroid dienone is 2. The Labute approximate surface area is 123 Å². The van der Waals surface area contributed by atoms with E-state index in [0.717, 1.165) is 35.8 Å². The second-order valence-electron chi connectivity index (χ2n) is 4.91. The molecule has 0 unspecified atom stereocenters. The molecule has 1 aliphatic heterocycles. The maximum absolute atomic E-state index is 5.47. The maximum atomic E-state index is 5.47. The normalized spacial score (nSPS) is 16.2. The standard InChI is InChI=1S/C15H18N6/c1-2-12(9-16)10-17-13-11-18-21-8-5-14(19-15(13)21)20-6-3-4-7-20/h2,5,8-11H,1,3-4,6-7,16H2. The summed E-state index contributed by atoms with van der Waals surface area (Å²) in [4.78, 5) is 11.4. The number of anilines is 1. The molecule has 2 N–H and O–H groups in total. The van der Waals surface area contributed by atoms with Crippen molar-refractivity contribution in [2.75, 3.05) is 18.0 Å². The van der Waals surface area contributed by atoms with E-state index >= 15 is 0 Å². The van der Waals surface area contributed by atoms with Crippen LogP contribution >= 0.6 is 0 Å². The molecule has 6 nitrogen and oxygen atoms in total. The summed E-state index contributed by atoms with van der Waals surface area (Å²) in [7, 11) is 0. The lowest BCUT2D eigenvalue weighted by molar-refractivity contribution is 0.899. The summed E-state index contributed by atoms with van der Waals surface area (Å²) in [6.45, 7) is 5.80. The van der Waals surface area contributed by atoms with Gasteiger partial charge in [-0.15, -0.1) is 0 Å². The molecule has 1 aliphatic rings. The van der Waals surface area contributed by atoms with Crippen molar-refractivity contribution in [2.24, 2.45) is 10.7 Å². The van der Waals surface area contributed by atoms with Gasteiger partial charge in [0.1, 0.15) is 11.5 Å². The summed E-state index contributed by atoms with van der Waals surface area (Å²) in [6, 6.07) is 1.99. The molecule has 0 saturated carbocycles. The number of fused-ring (bicyclic) bond motifs is 1. The first kappa shape index (κ1) is 13.4. The van der Waals surface area contributed by atoms with E-state index in [4.69, 9.17) is 5.73 Å². The highest BCUT2D eigenvalue weighted by molar-refractivity contribution is 5.85. The minimum absolute atomic E-state index is 0.720. The Morgan fingerprint density at radius 1 is 1.38 bits per heavy atom. The van der Waals surface area contributed by atoms with Crippen LogP contribution < -0.4 is 10.6 Å². The highest BCUT2D eigenvalue weighted by Crippen LogP contribution is 2.23. The van der Waals surface area contributed by atoms with Crippen molar-refractivity contribution >= 4 is 23.4 Å². The fourth-order valence-electron chi connectivity index (χ4n) is 2.37. The number of hydrogen-bond acceptors (Lipinski definition) is 5. The van der Waals surface area contributed by atoms with Crippen molar-refractivity contribution < 1.29 is 0 Å². The van der Waals surface area contributed by atoms with E-state index in [1.807, 2.05) is 12.3 Å². The van der Waals surface area contributed by atoms with Crippen molar-refractivity contribution in [3.05, 3.63) is 42.9 Å². The Kier molecular flexibility index (Phi) is 3.68. The van der Waals surface area contributed by atoms with Crippen LogP contribution in [0.3, 0.4) is 0 Å². The Morgan fingerprint density at radius 3 is 2.90 bits per heavy atom. The van der Waals surface area contributed by atoms with Crippen LogP contribution in [-0.4, -0.2) is 33.9 Å². The van der Waals surface area contributed by atoms with Crippen LogP contribution in [-0.2, 0) is 0 Å². The number of rotatable bonds is 4. The molecule has 1 fully saturated rings. The summed E-state index contributed by atoms with van der Waals surface area (Å²) in [5.41, 5.74) is 7.70. The van der Waals surface area contributed by atoms with Gasteiger partial charge >= 0.3 is 0 Å². The third kappa shape index (κ3) is 2.65. The van der Waals surface area contributed by atoms with E-state index in [1.54, 1.807) is 23.0 Å². The second kappa shape index (κ2) is 5.78. The molecule has 0 amide bonds. The molecule has 0 aromatic carbocycles. The van der Waals surface area contributed by atoms with E-state index in [2.05, 4.69) is 26.6 Å². The van der Waals surface area contributed by atoms with Gasteiger partial charge in [-0.1, -0.05) is 12.7 Å². The van der Waals surface area contributed by atoms with Gasteiger partial charge in [-0.05, 0) is 18.9 Å². The largest absolute Gasteiger partial charge is 0.404 e. The Balaban J connectivity index is 1.95. The zero-order valence-corrected chi connectivity index (χ0v) is 11.8. The highest BCUT2D eigenvalue weighted by atomic mass is 15.3. The summed E-state index contributed by atoms with van der Waals surface area (Å²) < 4.78 is 1.73. The summed E-state index contributed by atoms with van der Waals surface area (Å²) in [5, 5.41) is 4.26. The van der Waals surface area contributed by atoms with Crippen molar-refractivity contribution in [3.63, 3.8) is 0 Å². The Morgan fingerprint density at radius 2 is 2.19 bits per heavy atom. The first-order chi connectivity index (χ1) is 10.3. The van der Waals surface area contributed by atoms with Crippen LogP contribution in [0.2, 0.25) is 0 Å². The number of hydrogen-bond donors (Lipinski definition) is 1. The predicted octanol–water partition coefficient (Wildman–Crippen LogP) is 2.06.